The standard InChI is InChI=1S/C10H18N4OS/c1-4-14-8(2)9(7-12-14)13-10(16)11-5-6-15-3/h7H,4-6H2,1-3H3,(H2,11,13,16). The van der Waals surface area contributed by atoms with Gasteiger partial charge in [-0.1, -0.05) is 0 Å². The Morgan fingerprint density at radius 2 is 2.38 bits per heavy atom. The Balaban J connectivity index is 2.46. The quantitative estimate of drug-likeness (QED) is 0.599. The van der Waals surface area contributed by atoms with E-state index in [0.717, 1.165) is 17.9 Å². The third kappa shape index (κ3) is 3.46. The van der Waals surface area contributed by atoms with Crippen LogP contribution in [0, 0.1) is 6.92 Å². The van der Waals surface area contributed by atoms with Crippen molar-refractivity contribution in [3.63, 3.8) is 0 Å². The lowest BCUT2D eigenvalue weighted by Gasteiger charge is -2.09. The second-order valence-electron chi connectivity index (χ2n) is 3.33. The fourth-order valence-corrected chi connectivity index (χ4v) is 1.53. The van der Waals surface area contributed by atoms with E-state index < -0.39 is 0 Å². The third-order valence-corrected chi connectivity index (χ3v) is 2.49. The van der Waals surface area contributed by atoms with Crippen molar-refractivity contribution < 1.29 is 4.74 Å². The number of methoxy groups -OCH3 is 1. The van der Waals surface area contributed by atoms with Gasteiger partial charge in [0.05, 0.1) is 24.2 Å². The largest absolute Gasteiger partial charge is 0.383 e. The summed E-state index contributed by atoms with van der Waals surface area (Å²) < 4.78 is 6.84. The van der Waals surface area contributed by atoms with Gasteiger partial charge in [-0.3, -0.25) is 4.68 Å². The van der Waals surface area contributed by atoms with Crippen molar-refractivity contribution in [2.75, 3.05) is 25.6 Å². The van der Waals surface area contributed by atoms with E-state index in [9.17, 15) is 0 Å². The molecule has 1 aromatic heterocycles. The zero-order valence-electron chi connectivity index (χ0n) is 9.91. The van der Waals surface area contributed by atoms with Crippen molar-refractivity contribution in [2.24, 2.45) is 0 Å². The molecule has 2 N–H and O–H groups in total. The minimum Gasteiger partial charge on any atom is -0.383 e. The summed E-state index contributed by atoms with van der Waals surface area (Å²) in [6, 6.07) is 0. The minimum absolute atomic E-state index is 0.593. The number of rotatable bonds is 5. The lowest BCUT2D eigenvalue weighted by Crippen LogP contribution is -2.31. The number of thiocarbonyl (C=S) groups is 1. The molecule has 1 rings (SSSR count). The SMILES string of the molecule is CCn1ncc(NC(=S)NCCOC)c1C. The predicted molar refractivity (Wildman–Crippen MR) is 68.7 cm³/mol. The zero-order chi connectivity index (χ0) is 12.0. The number of hydrogen-bond acceptors (Lipinski definition) is 3. The molecule has 0 saturated carbocycles. The maximum absolute atomic E-state index is 5.14. The van der Waals surface area contributed by atoms with Gasteiger partial charge in [-0.15, -0.1) is 0 Å². The number of nitrogens with zero attached hydrogens (tertiary/aromatic N) is 2. The minimum atomic E-state index is 0.593. The summed E-state index contributed by atoms with van der Waals surface area (Å²) in [5.74, 6) is 0. The average molecular weight is 242 g/mol. The first-order valence-electron chi connectivity index (χ1n) is 5.25. The Hall–Kier alpha value is -1.14. The first-order chi connectivity index (χ1) is 7.69. The molecule has 6 heteroatoms. The zero-order valence-corrected chi connectivity index (χ0v) is 10.7. The second-order valence-corrected chi connectivity index (χ2v) is 3.74. The molecule has 0 bridgehead atoms. The van der Waals surface area contributed by atoms with Gasteiger partial charge in [0.25, 0.3) is 0 Å². The maximum Gasteiger partial charge on any atom is 0.170 e. The van der Waals surface area contributed by atoms with Crippen molar-refractivity contribution in [1.82, 2.24) is 15.1 Å². The fourth-order valence-electron chi connectivity index (χ4n) is 1.32. The lowest BCUT2D eigenvalue weighted by atomic mass is 10.4. The average Bonchev–Trinajstić information content (AvgIpc) is 2.60. The smallest absolute Gasteiger partial charge is 0.170 e. The maximum atomic E-state index is 5.14. The van der Waals surface area contributed by atoms with Gasteiger partial charge < -0.3 is 15.4 Å². The van der Waals surface area contributed by atoms with Crippen LogP contribution in [0.25, 0.3) is 0 Å². The van der Waals surface area contributed by atoms with Crippen LogP contribution in [0.3, 0.4) is 0 Å². The number of hydrogen-bond donors (Lipinski definition) is 2. The molecule has 1 aromatic rings. The van der Waals surface area contributed by atoms with Crippen molar-refractivity contribution in [1.29, 1.82) is 0 Å². The van der Waals surface area contributed by atoms with Crippen LogP contribution in [0.15, 0.2) is 6.20 Å². The Kier molecular flexibility index (Phi) is 5.21. The summed E-state index contributed by atoms with van der Waals surface area (Å²) in [6.45, 7) is 6.26. The lowest BCUT2D eigenvalue weighted by molar-refractivity contribution is 0.204. The molecule has 1 heterocycles. The fraction of sp³-hybridized carbons (Fsp3) is 0.600. The number of nitrogens with one attached hydrogen (secondary N) is 2. The predicted octanol–water partition coefficient (Wildman–Crippen LogP) is 1.14. The van der Waals surface area contributed by atoms with E-state index in [1.807, 2.05) is 11.6 Å². The van der Waals surface area contributed by atoms with Gasteiger partial charge in [-0.25, -0.2) is 0 Å². The van der Waals surface area contributed by atoms with Crippen LogP contribution in [-0.4, -0.2) is 35.2 Å². The molecular weight excluding hydrogens is 224 g/mol. The first kappa shape index (κ1) is 12.9. The van der Waals surface area contributed by atoms with Crippen LogP contribution in [0.1, 0.15) is 12.6 Å². The van der Waals surface area contributed by atoms with Gasteiger partial charge in [-0.05, 0) is 26.1 Å². The van der Waals surface area contributed by atoms with E-state index in [-0.39, 0.29) is 0 Å². The van der Waals surface area contributed by atoms with Gasteiger partial charge in [0, 0.05) is 20.2 Å². The van der Waals surface area contributed by atoms with Crippen LogP contribution < -0.4 is 10.6 Å². The molecule has 0 unspecified atom stereocenters. The monoisotopic (exact) mass is 242 g/mol. The molecule has 5 nitrogen and oxygen atoms in total. The molecule has 0 spiro atoms. The highest BCUT2D eigenvalue weighted by molar-refractivity contribution is 7.80. The molecule has 0 aliphatic heterocycles. The number of ether oxygens (including phenoxy) is 1. The first-order valence-corrected chi connectivity index (χ1v) is 5.66. The van der Waals surface area contributed by atoms with E-state index in [4.69, 9.17) is 17.0 Å². The highest BCUT2D eigenvalue weighted by Crippen LogP contribution is 2.12. The van der Waals surface area contributed by atoms with Gasteiger partial charge >= 0.3 is 0 Å². The molecule has 0 aliphatic carbocycles. The van der Waals surface area contributed by atoms with Crippen LogP contribution in [0.4, 0.5) is 5.69 Å². The summed E-state index contributed by atoms with van der Waals surface area (Å²) in [5.41, 5.74) is 2.02. The van der Waals surface area contributed by atoms with Crippen molar-refractivity contribution in [3.8, 4) is 0 Å². The van der Waals surface area contributed by atoms with E-state index >= 15 is 0 Å². The Labute approximate surface area is 101 Å². The number of anilines is 1. The van der Waals surface area contributed by atoms with E-state index in [0.29, 0.717) is 18.3 Å². The molecule has 0 amide bonds. The highest BCUT2D eigenvalue weighted by Gasteiger charge is 2.05. The van der Waals surface area contributed by atoms with E-state index in [2.05, 4.69) is 22.7 Å². The van der Waals surface area contributed by atoms with Crippen molar-refractivity contribution in [3.05, 3.63) is 11.9 Å². The summed E-state index contributed by atoms with van der Waals surface area (Å²) in [6.07, 6.45) is 1.78. The Bertz CT molecular complexity index is 351. The molecular formula is C10H18N4OS. The second kappa shape index (κ2) is 6.44. The molecule has 0 fully saturated rings. The molecule has 16 heavy (non-hydrogen) atoms. The van der Waals surface area contributed by atoms with Crippen LogP contribution in [0.2, 0.25) is 0 Å². The molecule has 0 aromatic carbocycles. The van der Waals surface area contributed by atoms with Gasteiger partial charge in [0.2, 0.25) is 0 Å². The summed E-state index contributed by atoms with van der Waals surface area (Å²) in [5, 5.41) is 11.0. The van der Waals surface area contributed by atoms with Crippen LogP contribution >= 0.6 is 12.2 Å². The topological polar surface area (TPSA) is 51.1 Å². The van der Waals surface area contributed by atoms with Gasteiger partial charge in [0.15, 0.2) is 5.11 Å². The van der Waals surface area contributed by atoms with Gasteiger partial charge in [0.1, 0.15) is 0 Å². The third-order valence-electron chi connectivity index (χ3n) is 2.24. The van der Waals surface area contributed by atoms with E-state index in [1.165, 1.54) is 0 Å². The van der Waals surface area contributed by atoms with Crippen molar-refractivity contribution in [2.45, 2.75) is 20.4 Å². The molecule has 0 aliphatic rings. The number of aryl methyl sites for hydroxylation is 1. The molecule has 0 saturated heterocycles. The summed E-state index contributed by atoms with van der Waals surface area (Å²) in [7, 11) is 1.66. The molecule has 0 atom stereocenters. The van der Waals surface area contributed by atoms with Crippen LogP contribution in [0.5, 0.6) is 0 Å². The highest BCUT2D eigenvalue weighted by atomic mass is 32.1. The molecule has 0 radical (unpaired) electrons. The van der Waals surface area contributed by atoms with Crippen molar-refractivity contribution >= 4 is 23.0 Å². The van der Waals surface area contributed by atoms with E-state index in [1.54, 1.807) is 13.3 Å². The summed E-state index contributed by atoms with van der Waals surface area (Å²) >= 11 is 5.14. The van der Waals surface area contributed by atoms with Gasteiger partial charge in [-0.2, -0.15) is 5.10 Å². The molecule has 90 valence electrons. The normalized spacial score (nSPS) is 10.2. The van der Waals surface area contributed by atoms with Crippen LogP contribution in [-0.2, 0) is 11.3 Å². The Morgan fingerprint density at radius 3 is 2.94 bits per heavy atom. The summed E-state index contributed by atoms with van der Waals surface area (Å²) in [4.78, 5) is 0. The number of aromatic nitrogens is 2. The Morgan fingerprint density at radius 1 is 1.62 bits per heavy atom.